The molecule has 0 heterocycles. The topological polar surface area (TPSA) is 12.0 Å². The summed E-state index contributed by atoms with van der Waals surface area (Å²) in [6.45, 7) is 2.10. The summed E-state index contributed by atoms with van der Waals surface area (Å²) < 4.78 is 27.3. The molecular formula is C14H11BrClF2N. The Bertz CT molecular complexity index is 617. The van der Waals surface area contributed by atoms with Crippen molar-refractivity contribution in [2.45, 2.75) is 13.5 Å². The van der Waals surface area contributed by atoms with Crippen molar-refractivity contribution in [3.63, 3.8) is 0 Å². The van der Waals surface area contributed by atoms with Crippen LogP contribution in [0.3, 0.4) is 0 Å². The van der Waals surface area contributed by atoms with Crippen LogP contribution in [0.4, 0.5) is 14.5 Å². The molecule has 0 aliphatic rings. The van der Waals surface area contributed by atoms with Gasteiger partial charge in [0.15, 0.2) is 0 Å². The van der Waals surface area contributed by atoms with E-state index in [2.05, 4.69) is 21.2 Å². The highest BCUT2D eigenvalue weighted by Crippen LogP contribution is 2.25. The van der Waals surface area contributed by atoms with Gasteiger partial charge < -0.3 is 5.32 Å². The first-order valence-corrected chi connectivity index (χ1v) is 6.78. The van der Waals surface area contributed by atoms with E-state index in [0.29, 0.717) is 21.6 Å². The minimum Gasteiger partial charge on any atom is -0.381 e. The molecule has 0 bridgehead atoms. The maximum absolute atomic E-state index is 13.6. The van der Waals surface area contributed by atoms with Gasteiger partial charge in [-0.05, 0) is 52.7 Å². The third kappa shape index (κ3) is 3.45. The van der Waals surface area contributed by atoms with Crippen LogP contribution in [0.25, 0.3) is 0 Å². The quantitative estimate of drug-likeness (QED) is 0.795. The van der Waals surface area contributed by atoms with Gasteiger partial charge in [-0.15, -0.1) is 0 Å². The normalized spacial score (nSPS) is 10.6. The largest absolute Gasteiger partial charge is 0.381 e. The second-order valence-corrected chi connectivity index (χ2v) is 5.46. The van der Waals surface area contributed by atoms with Crippen LogP contribution in [-0.2, 0) is 6.54 Å². The fraction of sp³-hybridized carbons (Fsp3) is 0.143. The van der Waals surface area contributed by atoms with Crippen molar-refractivity contribution in [2.24, 2.45) is 0 Å². The monoisotopic (exact) mass is 345 g/mol. The molecule has 2 aromatic carbocycles. The molecule has 1 nitrogen and oxygen atoms in total. The van der Waals surface area contributed by atoms with Gasteiger partial charge in [-0.25, -0.2) is 8.78 Å². The van der Waals surface area contributed by atoms with Gasteiger partial charge >= 0.3 is 0 Å². The lowest BCUT2D eigenvalue weighted by atomic mass is 10.1. The van der Waals surface area contributed by atoms with Gasteiger partial charge in [-0.1, -0.05) is 17.7 Å². The van der Waals surface area contributed by atoms with E-state index in [0.717, 1.165) is 11.3 Å². The molecule has 0 aliphatic heterocycles. The van der Waals surface area contributed by atoms with E-state index in [9.17, 15) is 8.78 Å². The van der Waals surface area contributed by atoms with Crippen molar-refractivity contribution < 1.29 is 8.78 Å². The van der Waals surface area contributed by atoms with Crippen molar-refractivity contribution in [3.05, 3.63) is 62.6 Å². The second-order valence-electron chi connectivity index (χ2n) is 4.17. The number of benzene rings is 2. The highest BCUT2D eigenvalue weighted by molar-refractivity contribution is 9.10. The summed E-state index contributed by atoms with van der Waals surface area (Å²) in [5, 5.41) is 3.44. The lowest BCUT2D eigenvalue weighted by Gasteiger charge is -2.11. The molecule has 0 saturated carbocycles. The number of anilines is 1. The summed E-state index contributed by atoms with van der Waals surface area (Å²) in [6.07, 6.45) is 0. The Morgan fingerprint density at radius 3 is 2.58 bits per heavy atom. The third-order valence-corrected chi connectivity index (χ3v) is 3.59. The van der Waals surface area contributed by atoms with Gasteiger partial charge in [0.05, 0.1) is 4.47 Å². The molecule has 0 aliphatic carbocycles. The van der Waals surface area contributed by atoms with Crippen molar-refractivity contribution in [3.8, 4) is 0 Å². The zero-order valence-corrected chi connectivity index (χ0v) is 12.4. The number of hydrogen-bond donors (Lipinski definition) is 1. The third-order valence-electron chi connectivity index (χ3n) is 2.75. The molecule has 0 spiro atoms. The molecule has 0 saturated heterocycles. The highest BCUT2D eigenvalue weighted by atomic mass is 79.9. The first-order chi connectivity index (χ1) is 8.97. The minimum absolute atomic E-state index is 0.307. The van der Waals surface area contributed by atoms with Crippen LogP contribution in [0.5, 0.6) is 0 Å². The molecule has 100 valence electrons. The van der Waals surface area contributed by atoms with Crippen LogP contribution in [0.2, 0.25) is 5.02 Å². The smallest absolute Gasteiger partial charge is 0.137 e. The molecule has 2 rings (SSSR count). The van der Waals surface area contributed by atoms with Crippen LogP contribution >= 0.6 is 27.5 Å². The molecule has 5 heteroatoms. The molecular weight excluding hydrogens is 336 g/mol. The van der Waals surface area contributed by atoms with Gasteiger partial charge in [0.1, 0.15) is 11.6 Å². The predicted molar refractivity (Wildman–Crippen MR) is 77.6 cm³/mol. The van der Waals surface area contributed by atoms with Crippen LogP contribution in [0.15, 0.2) is 34.8 Å². The summed E-state index contributed by atoms with van der Waals surface area (Å²) in [5.74, 6) is -0.681. The number of rotatable bonds is 3. The lowest BCUT2D eigenvalue weighted by molar-refractivity contribution is 0.612. The van der Waals surface area contributed by atoms with E-state index >= 15 is 0 Å². The summed E-state index contributed by atoms with van der Waals surface area (Å²) in [4.78, 5) is 0. The van der Waals surface area contributed by atoms with Crippen LogP contribution < -0.4 is 5.32 Å². The molecule has 0 fully saturated rings. The number of halogens is 4. The van der Waals surface area contributed by atoms with E-state index in [1.165, 1.54) is 12.1 Å². The maximum Gasteiger partial charge on any atom is 0.137 e. The molecule has 0 aromatic heterocycles. The van der Waals surface area contributed by atoms with E-state index in [1.54, 1.807) is 25.1 Å². The van der Waals surface area contributed by atoms with Crippen molar-refractivity contribution in [1.82, 2.24) is 0 Å². The fourth-order valence-corrected chi connectivity index (χ4v) is 2.19. The van der Waals surface area contributed by atoms with E-state index < -0.39 is 0 Å². The Morgan fingerprint density at radius 2 is 1.89 bits per heavy atom. The zero-order chi connectivity index (χ0) is 14.0. The number of hydrogen-bond acceptors (Lipinski definition) is 1. The first kappa shape index (κ1) is 14.3. The average Bonchev–Trinajstić information content (AvgIpc) is 2.34. The Labute approximate surface area is 123 Å². The zero-order valence-electron chi connectivity index (χ0n) is 10.1. The van der Waals surface area contributed by atoms with E-state index in [-0.39, 0.29) is 11.6 Å². The Kier molecular flexibility index (Phi) is 4.42. The molecule has 19 heavy (non-hydrogen) atoms. The summed E-state index contributed by atoms with van der Waals surface area (Å²) in [6, 6.07) is 7.59. The van der Waals surface area contributed by atoms with Crippen molar-refractivity contribution in [2.75, 3.05) is 5.32 Å². The summed E-state index contributed by atoms with van der Waals surface area (Å²) >= 11 is 8.81. The molecule has 0 atom stereocenters. The second kappa shape index (κ2) is 5.88. The lowest BCUT2D eigenvalue weighted by Crippen LogP contribution is -2.03. The van der Waals surface area contributed by atoms with Gasteiger partial charge in [-0.3, -0.25) is 0 Å². The van der Waals surface area contributed by atoms with Gasteiger partial charge in [-0.2, -0.15) is 0 Å². The standard InChI is InChI=1S/C14H11BrClF2N/c1-8-4-13(18)11(15)6-14(8)19-7-9-2-3-10(16)5-12(9)17/h2-6,19H,7H2,1H3. The van der Waals surface area contributed by atoms with Crippen LogP contribution in [0, 0.1) is 18.6 Å². The SMILES string of the molecule is Cc1cc(F)c(Br)cc1NCc1ccc(Cl)cc1F. The molecule has 0 amide bonds. The average molecular weight is 347 g/mol. The van der Waals surface area contributed by atoms with Gasteiger partial charge in [0.25, 0.3) is 0 Å². The Hall–Kier alpha value is -1.13. The maximum atomic E-state index is 13.6. The molecule has 2 aromatic rings. The van der Waals surface area contributed by atoms with Gasteiger partial charge in [0.2, 0.25) is 0 Å². The van der Waals surface area contributed by atoms with Crippen LogP contribution in [-0.4, -0.2) is 0 Å². The number of nitrogens with one attached hydrogen (secondary N) is 1. The van der Waals surface area contributed by atoms with Crippen molar-refractivity contribution >= 4 is 33.2 Å². The highest BCUT2D eigenvalue weighted by Gasteiger charge is 2.07. The van der Waals surface area contributed by atoms with Crippen molar-refractivity contribution in [1.29, 1.82) is 0 Å². The van der Waals surface area contributed by atoms with E-state index in [1.807, 2.05) is 0 Å². The van der Waals surface area contributed by atoms with Gasteiger partial charge in [0, 0.05) is 22.8 Å². The Morgan fingerprint density at radius 1 is 1.16 bits per heavy atom. The van der Waals surface area contributed by atoms with Crippen LogP contribution in [0.1, 0.15) is 11.1 Å². The molecule has 1 N–H and O–H groups in total. The first-order valence-electron chi connectivity index (χ1n) is 5.61. The van der Waals surface area contributed by atoms with E-state index in [4.69, 9.17) is 11.6 Å². The predicted octanol–water partition coefficient (Wildman–Crippen LogP) is 5.30. The summed E-state index contributed by atoms with van der Waals surface area (Å²) in [5.41, 5.74) is 2.02. The molecule has 0 unspecified atom stereocenters. The Balaban J connectivity index is 2.16. The fourth-order valence-electron chi connectivity index (χ4n) is 1.69. The summed E-state index contributed by atoms with van der Waals surface area (Å²) in [7, 11) is 0. The number of aryl methyl sites for hydroxylation is 1. The molecule has 0 radical (unpaired) electrons. The minimum atomic E-state index is -0.362.